The van der Waals surface area contributed by atoms with E-state index in [4.69, 9.17) is 5.11 Å². The molecule has 2 amide bonds. The summed E-state index contributed by atoms with van der Waals surface area (Å²) < 4.78 is 26.6. The van der Waals surface area contributed by atoms with Crippen molar-refractivity contribution in [3.8, 4) is 0 Å². The summed E-state index contributed by atoms with van der Waals surface area (Å²) in [5, 5.41) is 13.3. The normalized spacial score (nSPS) is 10.1. The van der Waals surface area contributed by atoms with Gasteiger partial charge in [-0.15, -0.1) is 0 Å². The summed E-state index contributed by atoms with van der Waals surface area (Å²) in [5.74, 6) is -3.49. The predicted molar refractivity (Wildman–Crippen MR) is 68.7 cm³/mol. The van der Waals surface area contributed by atoms with E-state index in [1.54, 1.807) is 0 Å². The van der Waals surface area contributed by atoms with Crippen LogP contribution < -0.4 is 10.6 Å². The molecule has 0 fully saturated rings. The Morgan fingerprint density at radius 1 is 1.32 bits per heavy atom. The molecule has 0 unspecified atom stereocenters. The molecule has 0 spiro atoms. The second kappa shape index (κ2) is 6.93. The van der Waals surface area contributed by atoms with Gasteiger partial charge in [0.25, 0.3) is 0 Å². The van der Waals surface area contributed by atoms with Crippen LogP contribution in [0.25, 0.3) is 0 Å². The third-order valence-corrected chi connectivity index (χ3v) is 2.72. The summed E-state index contributed by atoms with van der Waals surface area (Å²) in [6, 6.07) is 0.886. The number of benzene rings is 1. The van der Waals surface area contributed by atoms with Gasteiger partial charge in [0.15, 0.2) is 0 Å². The van der Waals surface area contributed by atoms with Crippen LogP contribution in [0.5, 0.6) is 0 Å². The fraction of sp³-hybridized carbons (Fsp3) is 0.273. The molecule has 19 heavy (non-hydrogen) atoms. The third kappa shape index (κ3) is 4.40. The maximum atomic E-state index is 13.3. The molecule has 5 nitrogen and oxygen atoms in total. The fourth-order valence-electron chi connectivity index (χ4n) is 1.29. The lowest BCUT2D eigenvalue weighted by Gasteiger charge is -2.08. The molecule has 0 radical (unpaired) electrons. The maximum Gasteiger partial charge on any atom is 0.341 e. The Kier molecular flexibility index (Phi) is 5.56. The van der Waals surface area contributed by atoms with Gasteiger partial charge < -0.3 is 15.7 Å². The van der Waals surface area contributed by atoms with Gasteiger partial charge in [-0.3, -0.25) is 0 Å². The van der Waals surface area contributed by atoms with Crippen LogP contribution in [-0.2, 0) is 0 Å². The first-order valence-electron chi connectivity index (χ1n) is 5.21. The van der Waals surface area contributed by atoms with Crippen molar-refractivity contribution in [2.45, 2.75) is 0 Å². The second-order valence-electron chi connectivity index (χ2n) is 3.49. The van der Waals surface area contributed by atoms with Crippen LogP contribution in [-0.4, -0.2) is 35.7 Å². The second-order valence-corrected chi connectivity index (χ2v) is 4.48. The number of amides is 2. The zero-order valence-corrected chi connectivity index (χ0v) is 10.8. The van der Waals surface area contributed by atoms with E-state index in [-0.39, 0.29) is 5.69 Å². The number of urea groups is 1. The Hall–Kier alpha value is -1.83. The minimum Gasteiger partial charge on any atom is -0.477 e. The van der Waals surface area contributed by atoms with Gasteiger partial charge in [-0.25, -0.2) is 18.4 Å². The fourth-order valence-corrected chi connectivity index (χ4v) is 1.60. The number of carboxylic acid groups (broad SMARTS) is 1. The van der Waals surface area contributed by atoms with Crippen LogP contribution in [0.2, 0.25) is 0 Å². The number of carbonyl (C=O) groups is 2. The Bertz CT molecular complexity index is 474. The van der Waals surface area contributed by atoms with E-state index >= 15 is 0 Å². The van der Waals surface area contributed by atoms with Crippen molar-refractivity contribution in [2.24, 2.45) is 0 Å². The molecule has 1 rings (SSSR count). The highest BCUT2D eigenvalue weighted by Crippen LogP contribution is 2.18. The molecule has 8 heteroatoms. The van der Waals surface area contributed by atoms with Crippen LogP contribution in [0.4, 0.5) is 19.3 Å². The molecule has 1 aromatic carbocycles. The molecule has 0 bridgehead atoms. The van der Waals surface area contributed by atoms with E-state index in [0.717, 1.165) is 12.1 Å². The van der Waals surface area contributed by atoms with E-state index in [1.165, 1.54) is 11.8 Å². The number of aromatic carboxylic acids is 1. The van der Waals surface area contributed by atoms with E-state index in [2.05, 4.69) is 10.6 Å². The van der Waals surface area contributed by atoms with Crippen LogP contribution in [0.3, 0.4) is 0 Å². The summed E-state index contributed by atoms with van der Waals surface area (Å²) in [5.41, 5.74) is -1.20. The van der Waals surface area contributed by atoms with Crippen molar-refractivity contribution < 1.29 is 23.5 Å². The van der Waals surface area contributed by atoms with Gasteiger partial charge in [0, 0.05) is 18.0 Å². The quantitative estimate of drug-likeness (QED) is 0.726. The minimum absolute atomic E-state index is 0.151. The molecule has 0 saturated heterocycles. The van der Waals surface area contributed by atoms with Crippen LogP contribution in [0.15, 0.2) is 12.1 Å². The lowest BCUT2D eigenvalue weighted by atomic mass is 10.2. The highest BCUT2D eigenvalue weighted by atomic mass is 32.2. The lowest BCUT2D eigenvalue weighted by molar-refractivity contribution is 0.0686. The van der Waals surface area contributed by atoms with Gasteiger partial charge in [-0.05, 0) is 18.4 Å². The van der Waals surface area contributed by atoms with Crippen molar-refractivity contribution in [1.29, 1.82) is 0 Å². The number of carboxylic acids is 1. The van der Waals surface area contributed by atoms with Crippen molar-refractivity contribution in [3.05, 3.63) is 29.3 Å². The highest BCUT2D eigenvalue weighted by molar-refractivity contribution is 7.98. The van der Waals surface area contributed by atoms with E-state index in [1.807, 2.05) is 6.26 Å². The van der Waals surface area contributed by atoms with E-state index in [9.17, 15) is 18.4 Å². The standard InChI is InChI=1S/C11H12F2N2O3S/c1-19-3-2-14-11(18)15-6-4-7(12)9(10(16)17)8(13)5-6/h4-5H,2-3H2,1H3,(H,16,17)(H2,14,15,18). The molecule has 104 valence electrons. The molecule has 0 aliphatic rings. The molecular weight excluding hydrogens is 278 g/mol. The molecule has 0 heterocycles. The number of thioether (sulfide) groups is 1. The zero-order valence-electron chi connectivity index (χ0n) is 10.00. The van der Waals surface area contributed by atoms with Crippen LogP contribution >= 0.6 is 11.8 Å². The summed E-state index contributed by atoms with van der Waals surface area (Å²) in [6.45, 7) is 0.408. The van der Waals surface area contributed by atoms with Gasteiger partial charge in [0.05, 0.1) is 0 Å². The molecule has 0 aliphatic heterocycles. The van der Waals surface area contributed by atoms with Gasteiger partial charge in [-0.1, -0.05) is 0 Å². The van der Waals surface area contributed by atoms with Gasteiger partial charge in [0.2, 0.25) is 0 Å². The largest absolute Gasteiger partial charge is 0.477 e. The Morgan fingerprint density at radius 3 is 2.37 bits per heavy atom. The average Bonchev–Trinajstić information content (AvgIpc) is 2.27. The Morgan fingerprint density at radius 2 is 1.89 bits per heavy atom. The molecule has 1 aromatic rings. The van der Waals surface area contributed by atoms with E-state index in [0.29, 0.717) is 12.3 Å². The molecule has 0 aromatic heterocycles. The topological polar surface area (TPSA) is 78.4 Å². The average molecular weight is 290 g/mol. The van der Waals surface area contributed by atoms with E-state index < -0.39 is 29.2 Å². The summed E-state index contributed by atoms with van der Waals surface area (Å²) >= 11 is 1.53. The van der Waals surface area contributed by atoms with Crippen molar-refractivity contribution in [2.75, 3.05) is 23.9 Å². The Balaban J connectivity index is 2.75. The molecule has 0 aliphatic carbocycles. The number of carbonyl (C=O) groups excluding carboxylic acids is 1. The van der Waals surface area contributed by atoms with Gasteiger partial charge >= 0.3 is 12.0 Å². The zero-order chi connectivity index (χ0) is 14.4. The van der Waals surface area contributed by atoms with Crippen molar-refractivity contribution >= 4 is 29.4 Å². The van der Waals surface area contributed by atoms with Crippen LogP contribution in [0, 0.1) is 11.6 Å². The third-order valence-electron chi connectivity index (χ3n) is 2.11. The number of rotatable bonds is 5. The lowest BCUT2D eigenvalue weighted by Crippen LogP contribution is -2.30. The first-order chi connectivity index (χ1) is 8.95. The number of hydrogen-bond donors (Lipinski definition) is 3. The van der Waals surface area contributed by atoms with Crippen molar-refractivity contribution in [1.82, 2.24) is 5.32 Å². The highest BCUT2D eigenvalue weighted by Gasteiger charge is 2.18. The minimum atomic E-state index is -1.70. The molecular formula is C11H12F2N2O3S. The first kappa shape index (κ1) is 15.2. The maximum absolute atomic E-state index is 13.3. The smallest absolute Gasteiger partial charge is 0.341 e. The number of hydrogen-bond acceptors (Lipinski definition) is 3. The molecule has 0 atom stereocenters. The predicted octanol–water partition coefficient (Wildman–Crippen LogP) is 2.15. The number of anilines is 1. The summed E-state index contributed by atoms with van der Waals surface area (Å²) in [7, 11) is 0. The van der Waals surface area contributed by atoms with Gasteiger partial charge in [0.1, 0.15) is 17.2 Å². The molecule has 0 saturated carbocycles. The monoisotopic (exact) mass is 290 g/mol. The summed E-state index contributed by atoms with van der Waals surface area (Å²) in [6.07, 6.45) is 1.87. The first-order valence-corrected chi connectivity index (χ1v) is 6.61. The Labute approximate surface area is 112 Å². The van der Waals surface area contributed by atoms with Gasteiger partial charge in [-0.2, -0.15) is 11.8 Å². The SMILES string of the molecule is CSCCNC(=O)Nc1cc(F)c(C(=O)O)c(F)c1. The van der Waals surface area contributed by atoms with Crippen LogP contribution in [0.1, 0.15) is 10.4 Å². The molecule has 3 N–H and O–H groups in total. The number of halogens is 2. The van der Waals surface area contributed by atoms with Crippen molar-refractivity contribution in [3.63, 3.8) is 0 Å². The summed E-state index contributed by atoms with van der Waals surface area (Å²) in [4.78, 5) is 21.9. The number of nitrogens with one attached hydrogen (secondary N) is 2.